The zero-order valence-corrected chi connectivity index (χ0v) is 18.0. The number of hydrogen-bond acceptors (Lipinski definition) is 5. The highest BCUT2D eigenvalue weighted by atomic mass is 35.5. The highest BCUT2D eigenvalue weighted by Crippen LogP contribution is 2.43. The minimum absolute atomic E-state index is 0.0534. The molecule has 3 aliphatic rings. The number of nitrogens with zero attached hydrogens (tertiary/aromatic N) is 3. The van der Waals surface area contributed by atoms with Crippen LogP contribution in [0, 0.1) is 0 Å². The van der Waals surface area contributed by atoms with E-state index in [-0.39, 0.29) is 18.5 Å². The number of amides is 2. The number of anilines is 1. The van der Waals surface area contributed by atoms with Gasteiger partial charge in [0.05, 0.1) is 19.3 Å². The average Bonchev–Trinajstić information content (AvgIpc) is 2.65. The van der Waals surface area contributed by atoms with Crippen molar-refractivity contribution < 1.29 is 19.4 Å². The average molecular weight is 437 g/mol. The van der Waals surface area contributed by atoms with Crippen LogP contribution in [0.4, 0.5) is 10.5 Å². The van der Waals surface area contributed by atoms with Gasteiger partial charge >= 0.3 is 6.09 Å². The number of ether oxygens (including phenoxy) is 1. The van der Waals surface area contributed by atoms with Crippen molar-refractivity contribution in [3.63, 3.8) is 0 Å². The lowest BCUT2D eigenvalue weighted by Gasteiger charge is -2.47. The second-order valence-corrected chi connectivity index (χ2v) is 8.72. The number of nitrogens with one attached hydrogen (secondary N) is 1. The standard InChI is InChI=1S/C21H29ClN4O4/c1-30-19-10-17(22)16(14-3-2-4-14)9-18(19)23-11-20(27)25-7-5-24(6-8-25)15-12-26(13-15)21(28)29/h9-10,14-15,23H,2-8,11-13H2,1H3,(H,28,29). The van der Waals surface area contributed by atoms with Crippen molar-refractivity contribution in [2.24, 2.45) is 0 Å². The second kappa shape index (κ2) is 8.89. The third-order valence-electron chi connectivity index (χ3n) is 6.61. The van der Waals surface area contributed by atoms with Crippen molar-refractivity contribution in [1.29, 1.82) is 0 Å². The Labute approximate surface area is 181 Å². The van der Waals surface area contributed by atoms with Gasteiger partial charge < -0.3 is 25.0 Å². The topological polar surface area (TPSA) is 85.4 Å². The van der Waals surface area contributed by atoms with Crippen molar-refractivity contribution in [2.45, 2.75) is 31.2 Å². The molecule has 8 nitrogen and oxygen atoms in total. The molecule has 0 spiro atoms. The molecule has 9 heteroatoms. The van der Waals surface area contributed by atoms with Gasteiger partial charge in [0.25, 0.3) is 0 Å². The second-order valence-electron chi connectivity index (χ2n) is 8.31. The number of carbonyl (C=O) groups is 2. The molecule has 1 aliphatic carbocycles. The van der Waals surface area contributed by atoms with Gasteiger partial charge in [0.2, 0.25) is 5.91 Å². The fraction of sp³-hybridized carbons (Fsp3) is 0.619. The van der Waals surface area contributed by atoms with Crippen molar-refractivity contribution >= 4 is 29.3 Å². The number of methoxy groups -OCH3 is 1. The molecule has 1 aromatic carbocycles. The van der Waals surface area contributed by atoms with E-state index < -0.39 is 6.09 Å². The molecule has 1 saturated carbocycles. The molecule has 2 saturated heterocycles. The minimum atomic E-state index is -0.857. The summed E-state index contributed by atoms with van der Waals surface area (Å²) in [7, 11) is 1.60. The van der Waals surface area contributed by atoms with Crippen LogP contribution in [0.2, 0.25) is 5.02 Å². The van der Waals surface area contributed by atoms with Crippen LogP contribution in [-0.4, -0.2) is 90.8 Å². The molecule has 0 aromatic heterocycles. The summed E-state index contributed by atoms with van der Waals surface area (Å²) in [6.07, 6.45) is 2.68. The lowest BCUT2D eigenvalue weighted by molar-refractivity contribution is -0.131. The number of likely N-dealkylation sites (tertiary alicyclic amines) is 1. The van der Waals surface area contributed by atoms with Crippen molar-refractivity contribution in [1.82, 2.24) is 14.7 Å². The van der Waals surface area contributed by atoms with Crippen molar-refractivity contribution in [3.05, 3.63) is 22.7 Å². The third kappa shape index (κ3) is 4.30. The normalized spacial score (nSPS) is 20.5. The van der Waals surface area contributed by atoms with E-state index in [0.29, 0.717) is 37.8 Å². The molecule has 2 amide bonds. The van der Waals surface area contributed by atoms with E-state index in [9.17, 15) is 9.59 Å². The first-order chi connectivity index (χ1) is 14.5. The molecule has 164 valence electrons. The largest absolute Gasteiger partial charge is 0.495 e. The Balaban J connectivity index is 1.28. The number of hydrogen-bond donors (Lipinski definition) is 2. The van der Waals surface area contributed by atoms with Crippen LogP contribution in [0.1, 0.15) is 30.7 Å². The molecular weight excluding hydrogens is 408 g/mol. The van der Waals surface area contributed by atoms with E-state index in [0.717, 1.165) is 42.2 Å². The lowest BCUT2D eigenvalue weighted by atomic mass is 9.80. The molecule has 2 aliphatic heterocycles. The van der Waals surface area contributed by atoms with E-state index in [1.807, 2.05) is 17.0 Å². The molecule has 2 N–H and O–H groups in total. The Kier molecular flexibility index (Phi) is 6.24. The van der Waals surface area contributed by atoms with E-state index in [1.54, 1.807) is 7.11 Å². The Morgan fingerprint density at radius 3 is 2.43 bits per heavy atom. The molecule has 1 aromatic rings. The molecule has 30 heavy (non-hydrogen) atoms. The van der Waals surface area contributed by atoms with E-state index in [4.69, 9.17) is 21.4 Å². The molecule has 0 atom stereocenters. The number of carbonyl (C=O) groups excluding carboxylic acids is 1. The number of carboxylic acid groups (broad SMARTS) is 1. The van der Waals surface area contributed by atoms with Crippen LogP contribution in [-0.2, 0) is 4.79 Å². The van der Waals surface area contributed by atoms with Gasteiger partial charge in [-0.05, 0) is 30.4 Å². The molecule has 0 radical (unpaired) electrons. The van der Waals surface area contributed by atoms with E-state index in [2.05, 4.69) is 10.2 Å². The first-order valence-electron chi connectivity index (χ1n) is 10.6. The maximum absolute atomic E-state index is 12.7. The fourth-order valence-corrected chi connectivity index (χ4v) is 4.68. The molecule has 0 unspecified atom stereocenters. The number of piperazine rings is 1. The zero-order valence-electron chi connectivity index (χ0n) is 17.3. The molecular formula is C21H29ClN4O4. The summed E-state index contributed by atoms with van der Waals surface area (Å²) in [6.45, 7) is 4.21. The van der Waals surface area contributed by atoms with Gasteiger partial charge in [-0.3, -0.25) is 9.69 Å². The Hall–Kier alpha value is -2.19. The van der Waals surface area contributed by atoms with Crippen LogP contribution in [0.25, 0.3) is 0 Å². The van der Waals surface area contributed by atoms with Gasteiger partial charge in [0.1, 0.15) is 5.75 Å². The van der Waals surface area contributed by atoms with Gasteiger partial charge in [-0.1, -0.05) is 18.0 Å². The SMILES string of the molecule is COc1cc(Cl)c(C2CCC2)cc1NCC(=O)N1CCN(C2CN(C(=O)O)C2)CC1. The van der Waals surface area contributed by atoms with Crippen LogP contribution in [0.15, 0.2) is 12.1 Å². The number of rotatable bonds is 6. The van der Waals surface area contributed by atoms with Crippen LogP contribution in [0.3, 0.4) is 0 Å². The highest BCUT2D eigenvalue weighted by molar-refractivity contribution is 6.31. The van der Waals surface area contributed by atoms with Gasteiger partial charge in [-0.2, -0.15) is 0 Å². The summed E-state index contributed by atoms with van der Waals surface area (Å²) < 4.78 is 5.45. The summed E-state index contributed by atoms with van der Waals surface area (Å²) >= 11 is 6.43. The summed E-state index contributed by atoms with van der Waals surface area (Å²) in [5, 5.41) is 12.9. The molecule has 3 fully saturated rings. The van der Waals surface area contributed by atoms with Gasteiger partial charge in [-0.15, -0.1) is 0 Å². The Morgan fingerprint density at radius 1 is 1.17 bits per heavy atom. The maximum Gasteiger partial charge on any atom is 0.407 e. The summed E-state index contributed by atoms with van der Waals surface area (Å²) in [4.78, 5) is 29.2. The van der Waals surface area contributed by atoms with Crippen molar-refractivity contribution in [3.8, 4) is 5.75 Å². The maximum atomic E-state index is 12.7. The first kappa shape index (κ1) is 21.1. The van der Waals surface area contributed by atoms with E-state index in [1.165, 1.54) is 11.3 Å². The van der Waals surface area contributed by atoms with Crippen LogP contribution < -0.4 is 10.1 Å². The monoisotopic (exact) mass is 436 g/mol. The fourth-order valence-electron chi connectivity index (χ4n) is 4.37. The summed E-state index contributed by atoms with van der Waals surface area (Å²) in [5.41, 5.74) is 1.93. The quantitative estimate of drug-likeness (QED) is 0.712. The lowest BCUT2D eigenvalue weighted by Crippen LogP contribution is -2.64. The Bertz CT molecular complexity index is 802. The molecule has 4 rings (SSSR count). The molecule has 0 bridgehead atoms. The zero-order chi connectivity index (χ0) is 21.3. The number of halogens is 1. The highest BCUT2D eigenvalue weighted by Gasteiger charge is 2.36. The van der Waals surface area contributed by atoms with Gasteiger partial charge in [0.15, 0.2) is 0 Å². The Morgan fingerprint density at radius 2 is 1.87 bits per heavy atom. The summed E-state index contributed by atoms with van der Waals surface area (Å²) in [6, 6.07) is 4.14. The number of benzene rings is 1. The van der Waals surface area contributed by atoms with Gasteiger partial charge in [0, 0.05) is 56.4 Å². The first-order valence-corrected chi connectivity index (χ1v) is 10.9. The predicted molar refractivity (Wildman–Crippen MR) is 115 cm³/mol. The predicted octanol–water partition coefficient (Wildman–Crippen LogP) is 2.53. The molecule has 2 heterocycles. The van der Waals surface area contributed by atoms with E-state index >= 15 is 0 Å². The van der Waals surface area contributed by atoms with Crippen LogP contribution >= 0.6 is 11.6 Å². The van der Waals surface area contributed by atoms with Crippen molar-refractivity contribution in [2.75, 3.05) is 58.2 Å². The van der Waals surface area contributed by atoms with Crippen LogP contribution in [0.5, 0.6) is 5.75 Å². The summed E-state index contributed by atoms with van der Waals surface area (Å²) in [5.74, 6) is 1.20. The minimum Gasteiger partial charge on any atom is -0.495 e. The third-order valence-corrected chi connectivity index (χ3v) is 6.94. The van der Waals surface area contributed by atoms with Gasteiger partial charge in [-0.25, -0.2) is 4.79 Å². The smallest absolute Gasteiger partial charge is 0.407 e.